The van der Waals surface area contributed by atoms with Crippen molar-refractivity contribution in [2.45, 2.75) is 4.90 Å². The summed E-state index contributed by atoms with van der Waals surface area (Å²) in [5.74, 6) is -0.895. The molecule has 2 aromatic rings. The van der Waals surface area contributed by atoms with Gasteiger partial charge in [0.05, 0.1) is 17.0 Å². The lowest BCUT2D eigenvalue weighted by Crippen LogP contribution is -2.50. The molecule has 1 fully saturated rings. The lowest BCUT2D eigenvalue weighted by atomic mass is 10.3. The number of fused-ring (bicyclic) bond motifs is 1. The summed E-state index contributed by atoms with van der Waals surface area (Å²) < 4.78 is 31.0. The van der Waals surface area contributed by atoms with Gasteiger partial charge in [0.25, 0.3) is 0 Å². The first-order chi connectivity index (χ1) is 9.88. The summed E-state index contributed by atoms with van der Waals surface area (Å²) in [4.78, 5) is 26.7. The molecule has 0 aliphatic carbocycles. The van der Waals surface area contributed by atoms with E-state index in [0.717, 1.165) is 4.31 Å². The number of hydrogen-bond acceptors (Lipinski definition) is 5. The highest BCUT2D eigenvalue weighted by Crippen LogP contribution is 2.21. The zero-order chi connectivity index (χ0) is 15.2. The molecular weight excluding hydrogens is 298 g/mol. The minimum Gasteiger partial charge on any atom is -0.408 e. The Bertz CT molecular complexity index is 866. The Labute approximate surface area is 120 Å². The van der Waals surface area contributed by atoms with Gasteiger partial charge in [0.15, 0.2) is 5.58 Å². The van der Waals surface area contributed by atoms with E-state index in [0.29, 0.717) is 12.1 Å². The van der Waals surface area contributed by atoms with E-state index < -0.39 is 15.8 Å². The van der Waals surface area contributed by atoms with Crippen LogP contribution in [0.2, 0.25) is 0 Å². The van der Waals surface area contributed by atoms with Crippen LogP contribution in [0.15, 0.2) is 32.3 Å². The molecule has 1 saturated heterocycles. The van der Waals surface area contributed by atoms with E-state index in [-0.39, 0.29) is 29.5 Å². The van der Waals surface area contributed by atoms with Crippen LogP contribution >= 0.6 is 0 Å². The number of rotatable bonds is 2. The summed E-state index contributed by atoms with van der Waals surface area (Å²) in [7, 11) is -2.16. The van der Waals surface area contributed by atoms with Crippen molar-refractivity contribution >= 4 is 27.0 Å². The molecule has 0 unspecified atom stereocenters. The van der Waals surface area contributed by atoms with Crippen molar-refractivity contribution in [2.75, 3.05) is 26.7 Å². The van der Waals surface area contributed by atoms with E-state index >= 15 is 0 Å². The van der Waals surface area contributed by atoms with E-state index in [2.05, 4.69) is 4.98 Å². The smallest absolute Gasteiger partial charge is 0.408 e. The number of likely N-dealkylation sites (N-methyl/N-ethyl adjacent to an activating group) is 1. The molecular formula is C12H13N3O5S. The molecule has 1 aromatic carbocycles. The molecule has 9 heteroatoms. The summed E-state index contributed by atoms with van der Waals surface area (Å²) in [6.07, 6.45) is 0. The normalized spacial score (nSPS) is 17.6. The Balaban J connectivity index is 1.99. The van der Waals surface area contributed by atoms with Crippen LogP contribution < -0.4 is 5.76 Å². The van der Waals surface area contributed by atoms with Crippen LogP contribution in [0.25, 0.3) is 11.1 Å². The second-order valence-corrected chi connectivity index (χ2v) is 6.76. The van der Waals surface area contributed by atoms with Crippen LogP contribution in [0.3, 0.4) is 0 Å². The van der Waals surface area contributed by atoms with Gasteiger partial charge < -0.3 is 9.32 Å². The maximum absolute atomic E-state index is 12.5. The predicted octanol–water partition coefficient (Wildman–Crippen LogP) is -0.416. The molecule has 0 spiro atoms. The number of nitrogens with zero attached hydrogens (tertiary/aromatic N) is 2. The summed E-state index contributed by atoms with van der Waals surface area (Å²) in [5.41, 5.74) is 0.593. The van der Waals surface area contributed by atoms with Crippen LogP contribution in [-0.2, 0) is 14.8 Å². The average Bonchev–Trinajstić information content (AvgIpc) is 2.80. The fraction of sp³-hybridized carbons (Fsp3) is 0.333. The highest BCUT2D eigenvalue weighted by atomic mass is 32.2. The molecule has 2 heterocycles. The molecule has 0 bridgehead atoms. The predicted molar refractivity (Wildman–Crippen MR) is 73.2 cm³/mol. The van der Waals surface area contributed by atoms with Gasteiger partial charge in [-0.05, 0) is 12.1 Å². The first-order valence-corrected chi connectivity index (χ1v) is 7.69. The van der Waals surface area contributed by atoms with Gasteiger partial charge in [-0.2, -0.15) is 4.31 Å². The van der Waals surface area contributed by atoms with Crippen molar-refractivity contribution in [3.05, 3.63) is 28.7 Å². The maximum atomic E-state index is 12.5. The number of oxazole rings is 1. The molecule has 1 N–H and O–H groups in total. The van der Waals surface area contributed by atoms with Crippen LogP contribution in [0.5, 0.6) is 0 Å². The van der Waals surface area contributed by atoms with E-state index in [9.17, 15) is 18.0 Å². The summed E-state index contributed by atoms with van der Waals surface area (Å²) >= 11 is 0. The van der Waals surface area contributed by atoms with Gasteiger partial charge >= 0.3 is 5.76 Å². The van der Waals surface area contributed by atoms with E-state index in [1.165, 1.54) is 23.1 Å². The number of aromatic amines is 1. The summed E-state index contributed by atoms with van der Waals surface area (Å²) in [5, 5.41) is 0. The van der Waals surface area contributed by atoms with E-state index in [4.69, 9.17) is 4.42 Å². The second-order valence-electron chi connectivity index (χ2n) is 4.83. The monoisotopic (exact) mass is 311 g/mol. The van der Waals surface area contributed by atoms with Crippen molar-refractivity contribution in [2.24, 2.45) is 0 Å². The van der Waals surface area contributed by atoms with Gasteiger partial charge in [-0.3, -0.25) is 9.78 Å². The number of H-pyrrole nitrogens is 1. The molecule has 1 aliphatic rings. The molecule has 21 heavy (non-hydrogen) atoms. The van der Waals surface area contributed by atoms with Gasteiger partial charge in [-0.25, -0.2) is 13.2 Å². The van der Waals surface area contributed by atoms with E-state index in [1.807, 2.05) is 0 Å². The van der Waals surface area contributed by atoms with Gasteiger partial charge in [-0.15, -0.1) is 0 Å². The number of benzene rings is 1. The Morgan fingerprint density at radius 3 is 2.71 bits per heavy atom. The lowest BCUT2D eigenvalue weighted by molar-refractivity contribution is -0.132. The molecule has 8 nitrogen and oxygen atoms in total. The van der Waals surface area contributed by atoms with Crippen molar-refractivity contribution in [1.29, 1.82) is 0 Å². The second kappa shape index (κ2) is 4.71. The van der Waals surface area contributed by atoms with Crippen molar-refractivity contribution in [3.63, 3.8) is 0 Å². The molecule has 0 radical (unpaired) electrons. The number of sulfonamides is 1. The zero-order valence-electron chi connectivity index (χ0n) is 11.2. The third-order valence-corrected chi connectivity index (χ3v) is 5.29. The first kappa shape index (κ1) is 13.8. The van der Waals surface area contributed by atoms with Crippen LogP contribution in [0.1, 0.15) is 0 Å². The molecule has 1 amide bonds. The molecule has 0 atom stereocenters. The Morgan fingerprint density at radius 2 is 2.00 bits per heavy atom. The molecule has 112 valence electrons. The van der Waals surface area contributed by atoms with Gasteiger partial charge in [0.2, 0.25) is 15.9 Å². The molecule has 3 rings (SSSR count). The third-order valence-electron chi connectivity index (χ3n) is 3.45. The number of piperazine rings is 1. The third kappa shape index (κ3) is 2.34. The number of amides is 1. The van der Waals surface area contributed by atoms with Crippen LogP contribution in [0.4, 0.5) is 0 Å². The van der Waals surface area contributed by atoms with Crippen molar-refractivity contribution in [1.82, 2.24) is 14.2 Å². The Morgan fingerprint density at radius 1 is 1.24 bits per heavy atom. The summed E-state index contributed by atoms with van der Waals surface area (Å²) in [6.45, 7) is 0.396. The fourth-order valence-corrected chi connectivity index (χ4v) is 3.57. The standard InChI is InChI=1S/C12H13N3O5S/c1-14-4-5-15(7-11(14)16)21(18,19)8-2-3-9-10(6-8)20-12(17)13-9/h2-3,6H,4-5,7H2,1H3,(H,13,17). The fourth-order valence-electron chi connectivity index (χ4n) is 2.18. The number of carbonyl (C=O) groups excluding carboxylic acids is 1. The van der Waals surface area contributed by atoms with Crippen molar-refractivity contribution < 1.29 is 17.6 Å². The highest BCUT2D eigenvalue weighted by Gasteiger charge is 2.31. The Kier molecular flexibility index (Phi) is 3.10. The number of hydrogen-bond donors (Lipinski definition) is 1. The quantitative estimate of drug-likeness (QED) is 0.811. The minimum absolute atomic E-state index is 0.00453. The first-order valence-electron chi connectivity index (χ1n) is 6.25. The zero-order valence-corrected chi connectivity index (χ0v) is 12.0. The molecule has 1 aliphatic heterocycles. The number of nitrogens with one attached hydrogen (secondary N) is 1. The van der Waals surface area contributed by atoms with E-state index in [1.54, 1.807) is 7.05 Å². The number of aromatic nitrogens is 1. The molecule has 0 saturated carbocycles. The topological polar surface area (TPSA) is 104 Å². The molecule has 1 aromatic heterocycles. The maximum Gasteiger partial charge on any atom is 0.417 e. The van der Waals surface area contributed by atoms with Gasteiger partial charge in [-0.1, -0.05) is 0 Å². The SMILES string of the molecule is CN1CCN(S(=O)(=O)c2ccc3[nH]c(=O)oc3c2)CC1=O. The Hall–Kier alpha value is -2.13. The van der Waals surface area contributed by atoms with Crippen LogP contribution in [0, 0.1) is 0 Å². The van der Waals surface area contributed by atoms with Crippen molar-refractivity contribution in [3.8, 4) is 0 Å². The minimum atomic E-state index is -3.79. The summed E-state index contributed by atoms with van der Waals surface area (Å²) in [6, 6.07) is 4.13. The number of carbonyl (C=O) groups is 1. The largest absolute Gasteiger partial charge is 0.417 e. The van der Waals surface area contributed by atoms with Gasteiger partial charge in [0, 0.05) is 26.2 Å². The van der Waals surface area contributed by atoms with Crippen LogP contribution in [-0.4, -0.2) is 55.2 Å². The highest BCUT2D eigenvalue weighted by molar-refractivity contribution is 7.89. The van der Waals surface area contributed by atoms with Gasteiger partial charge in [0.1, 0.15) is 0 Å². The average molecular weight is 311 g/mol. The lowest BCUT2D eigenvalue weighted by Gasteiger charge is -2.31.